The smallest absolute Gasteiger partial charge is 0.0657 e. The second-order valence-electron chi connectivity index (χ2n) is 12.4. The highest BCUT2D eigenvalue weighted by molar-refractivity contribution is 5.26. The zero-order valence-corrected chi connectivity index (χ0v) is 19.4. The third-order valence-corrected chi connectivity index (χ3v) is 10.2. The molecule has 0 aliphatic heterocycles. The van der Waals surface area contributed by atoms with Crippen molar-refractivity contribution in [3.63, 3.8) is 0 Å². The average molecular weight is 387 g/mol. The lowest BCUT2D eigenvalue weighted by molar-refractivity contribution is -0.0661. The third kappa shape index (κ3) is 3.52. The lowest BCUT2D eigenvalue weighted by Gasteiger charge is -2.59. The van der Waals surface area contributed by atoms with Gasteiger partial charge in [0.2, 0.25) is 0 Å². The van der Waals surface area contributed by atoms with E-state index in [0.717, 1.165) is 42.4 Å². The zero-order valence-electron chi connectivity index (χ0n) is 19.4. The van der Waals surface area contributed by atoms with Crippen LogP contribution in [-0.2, 0) is 0 Å². The predicted octanol–water partition coefficient (Wildman–Crippen LogP) is 7.53. The van der Waals surface area contributed by atoms with Crippen LogP contribution in [0.25, 0.3) is 0 Å². The van der Waals surface area contributed by atoms with E-state index < -0.39 is 5.60 Å². The molecule has 0 bridgehead atoms. The van der Waals surface area contributed by atoms with E-state index in [1.54, 1.807) is 5.57 Å². The standard InChI is InChI=1S/C27H46O/c1-19(2)8-6-7-9-20-11-13-23-22-12-10-21-18-25(3,28)16-17-27(21,5)24(22)14-15-26(20,23)4/h10,19-20,22-24,28H,6-9,11-18H2,1-5H3/t20?,22?,23?,24?,25-,26?,27?/m0/s1. The number of aliphatic hydroxyl groups is 1. The van der Waals surface area contributed by atoms with Gasteiger partial charge in [-0.2, -0.15) is 0 Å². The minimum absolute atomic E-state index is 0.377. The first-order valence-electron chi connectivity index (χ1n) is 12.6. The van der Waals surface area contributed by atoms with Crippen LogP contribution in [0, 0.1) is 40.4 Å². The van der Waals surface area contributed by atoms with Gasteiger partial charge in [-0.1, -0.05) is 58.6 Å². The van der Waals surface area contributed by atoms with Crippen molar-refractivity contribution in [1.29, 1.82) is 0 Å². The van der Waals surface area contributed by atoms with E-state index in [1.807, 2.05) is 0 Å². The molecule has 0 amide bonds. The average Bonchev–Trinajstić information content (AvgIpc) is 2.95. The molecule has 0 heterocycles. The molecule has 6 unspecified atom stereocenters. The molecule has 0 aromatic carbocycles. The van der Waals surface area contributed by atoms with Crippen LogP contribution in [0.5, 0.6) is 0 Å². The molecule has 1 heteroatoms. The van der Waals surface area contributed by atoms with Gasteiger partial charge in [0.05, 0.1) is 5.60 Å². The summed E-state index contributed by atoms with van der Waals surface area (Å²) in [5, 5.41) is 10.6. The van der Waals surface area contributed by atoms with E-state index in [0.29, 0.717) is 10.8 Å². The monoisotopic (exact) mass is 386 g/mol. The largest absolute Gasteiger partial charge is 0.390 e. The molecular formula is C27H46O. The summed E-state index contributed by atoms with van der Waals surface area (Å²) in [4.78, 5) is 0. The van der Waals surface area contributed by atoms with E-state index in [1.165, 1.54) is 64.2 Å². The summed E-state index contributed by atoms with van der Waals surface area (Å²) in [6.07, 6.45) is 18.7. The zero-order chi connectivity index (χ0) is 20.2. The second-order valence-corrected chi connectivity index (χ2v) is 12.4. The van der Waals surface area contributed by atoms with Crippen LogP contribution in [0.2, 0.25) is 0 Å². The lowest BCUT2D eigenvalue weighted by atomic mass is 9.46. The maximum atomic E-state index is 10.6. The van der Waals surface area contributed by atoms with Gasteiger partial charge in [0.1, 0.15) is 0 Å². The fourth-order valence-corrected chi connectivity index (χ4v) is 8.33. The van der Waals surface area contributed by atoms with Crippen LogP contribution in [0.15, 0.2) is 11.6 Å². The molecule has 4 rings (SSSR count). The Bertz CT molecular complexity index is 601. The Morgan fingerprint density at radius 1 is 1.00 bits per heavy atom. The summed E-state index contributed by atoms with van der Waals surface area (Å²) < 4.78 is 0. The maximum absolute atomic E-state index is 10.6. The van der Waals surface area contributed by atoms with Crippen molar-refractivity contribution >= 4 is 0 Å². The normalized spacial score (nSPS) is 48.0. The molecule has 0 aromatic heterocycles. The number of hydrogen-bond acceptors (Lipinski definition) is 1. The van der Waals surface area contributed by atoms with E-state index in [-0.39, 0.29) is 0 Å². The van der Waals surface area contributed by atoms with Crippen molar-refractivity contribution in [3.05, 3.63) is 11.6 Å². The van der Waals surface area contributed by atoms with Crippen LogP contribution in [0.4, 0.5) is 0 Å². The molecule has 1 N–H and O–H groups in total. The molecule has 0 radical (unpaired) electrons. The summed E-state index contributed by atoms with van der Waals surface area (Å²) in [6, 6.07) is 0. The predicted molar refractivity (Wildman–Crippen MR) is 119 cm³/mol. The fourth-order valence-electron chi connectivity index (χ4n) is 8.33. The van der Waals surface area contributed by atoms with Crippen molar-refractivity contribution in [2.75, 3.05) is 0 Å². The minimum atomic E-state index is -0.462. The Morgan fingerprint density at radius 3 is 2.54 bits per heavy atom. The summed E-state index contributed by atoms with van der Waals surface area (Å²) in [5.74, 6) is 4.59. The van der Waals surface area contributed by atoms with Gasteiger partial charge in [0.15, 0.2) is 0 Å². The summed E-state index contributed by atoms with van der Waals surface area (Å²) in [5.41, 5.74) is 2.13. The van der Waals surface area contributed by atoms with E-state index in [4.69, 9.17) is 0 Å². The molecule has 4 aliphatic rings. The van der Waals surface area contributed by atoms with Crippen molar-refractivity contribution < 1.29 is 5.11 Å². The van der Waals surface area contributed by atoms with Crippen LogP contribution in [0.1, 0.15) is 112 Å². The van der Waals surface area contributed by atoms with Crippen molar-refractivity contribution in [1.82, 2.24) is 0 Å². The molecule has 1 nitrogen and oxygen atoms in total. The molecule has 3 fully saturated rings. The first-order chi connectivity index (χ1) is 13.2. The Morgan fingerprint density at radius 2 is 1.79 bits per heavy atom. The van der Waals surface area contributed by atoms with Crippen LogP contribution >= 0.6 is 0 Å². The van der Waals surface area contributed by atoms with E-state index in [9.17, 15) is 5.11 Å². The van der Waals surface area contributed by atoms with Crippen molar-refractivity contribution in [3.8, 4) is 0 Å². The molecule has 0 saturated heterocycles. The Kier molecular flexibility index (Phi) is 5.56. The van der Waals surface area contributed by atoms with Gasteiger partial charge in [-0.25, -0.2) is 0 Å². The van der Waals surface area contributed by atoms with Crippen LogP contribution in [-0.4, -0.2) is 10.7 Å². The maximum Gasteiger partial charge on any atom is 0.0657 e. The minimum Gasteiger partial charge on any atom is -0.390 e. The summed E-state index contributed by atoms with van der Waals surface area (Å²) >= 11 is 0. The van der Waals surface area contributed by atoms with Gasteiger partial charge in [-0.15, -0.1) is 0 Å². The first kappa shape index (κ1) is 21.0. The van der Waals surface area contributed by atoms with Crippen LogP contribution in [0.3, 0.4) is 0 Å². The Labute approximate surface area is 174 Å². The van der Waals surface area contributed by atoms with Crippen molar-refractivity contribution in [2.24, 2.45) is 40.4 Å². The third-order valence-electron chi connectivity index (χ3n) is 10.2. The Balaban J connectivity index is 1.47. The first-order valence-corrected chi connectivity index (χ1v) is 12.6. The molecule has 0 spiro atoms. The number of allylic oxidation sites excluding steroid dienone is 1. The number of rotatable bonds is 5. The fraction of sp³-hybridized carbons (Fsp3) is 0.926. The number of unbranched alkanes of at least 4 members (excludes halogenated alkanes) is 1. The molecule has 0 aromatic rings. The second kappa shape index (κ2) is 7.44. The SMILES string of the molecule is CC(C)CCCCC1CCC2C3CC=C4C[C@@](C)(O)CCC4(C)C3CCC12C. The molecular weight excluding hydrogens is 340 g/mol. The summed E-state index contributed by atoms with van der Waals surface area (Å²) in [6.45, 7) is 12.0. The van der Waals surface area contributed by atoms with Gasteiger partial charge in [-0.3, -0.25) is 0 Å². The van der Waals surface area contributed by atoms with Gasteiger partial charge in [0, 0.05) is 0 Å². The molecule has 4 aliphatic carbocycles. The number of fused-ring (bicyclic) bond motifs is 5. The number of hydrogen-bond donors (Lipinski definition) is 1. The van der Waals surface area contributed by atoms with Gasteiger partial charge in [0.25, 0.3) is 0 Å². The Hall–Kier alpha value is -0.300. The molecule has 7 atom stereocenters. The lowest BCUT2D eigenvalue weighted by Crippen LogP contribution is -2.51. The van der Waals surface area contributed by atoms with Gasteiger partial charge < -0.3 is 5.11 Å². The molecule has 28 heavy (non-hydrogen) atoms. The highest BCUT2D eigenvalue weighted by Gasteiger charge is 2.58. The quantitative estimate of drug-likeness (QED) is 0.382. The summed E-state index contributed by atoms with van der Waals surface area (Å²) in [7, 11) is 0. The molecule has 160 valence electrons. The highest BCUT2D eigenvalue weighted by atomic mass is 16.3. The van der Waals surface area contributed by atoms with Gasteiger partial charge >= 0.3 is 0 Å². The van der Waals surface area contributed by atoms with Crippen molar-refractivity contribution in [2.45, 2.75) is 117 Å². The van der Waals surface area contributed by atoms with E-state index in [2.05, 4.69) is 40.7 Å². The molecule has 3 saturated carbocycles. The van der Waals surface area contributed by atoms with E-state index >= 15 is 0 Å². The van der Waals surface area contributed by atoms with Crippen LogP contribution < -0.4 is 0 Å². The highest BCUT2D eigenvalue weighted by Crippen LogP contribution is 2.67. The topological polar surface area (TPSA) is 20.2 Å². The van der Waals surface area contributed by atoms with Gasteiger partial charge in [-0.05, 0) is 105 Å².